The van der Waals surface area contributed by atoms with Crippen molar-refractivity contribution in [3.05, 3.63) is 206 Å². The van der Waals surface area contributed by atoms with Gasteiger partial charge in [-0.2, -0.15) is 0 Å². The van der Waals surface area contributed by atoms with E-state index >= 15 is 0 Å². The van der Waals surface area contributed by atoms with E-state index in [-0.39, 0.29) is 0 Å². The van der Waals surface area contributed by atoms with Gasteiger partial charge in [-0.05, 0) is 46.0 Å². The molecule has 0 radical (unpaired) electrons. The highest BCUT2D eigenvalue weighted by atomic mass is 15.0. The molecule has 0 amide bonds. The van der Waals surface area contributed by atoms with Crippen molar-refractivity contribution in [2.24, 2.45) is 0 Å². The van der Waals surface area contributed by atoms with Crippen LogP contribution in [0, 0.1) is 0 Å². The number of hydrogen-bond donors (Lipinski definition) is 0. The average Bonchev–Trinajstić information content (AvgIpc) is 3.61. The van der Waals surface area contributed by atoms with Crippen LogP contribution in [0.4, 0.5) is 0 Å². The maximum absolute atomic E-state index is 4.99. The molecular formula is C51H34N4. The van der Waals surface area contributed by atoms with E-state index in [1.807, 2.05) is 36.4 Å². The summed E-state index contributed by atoms with van der Waals surface area (Å²) in [4.78, 5) is 14.9. The highest BCUT2D eigenvalue weighted by Crippen LogP contribution is 2.37. The number of benzene rings is 8. The van der Waals surface area contributed by atoms with Crippen molar-refractivity contribution in [3.8, 4) is 73.2 Å². The number of hydrogen-bond acceptors (Lipinski definition) is 3. The summed E-state index contributed by atoms with van der Waals surface area (Å²) < 4.78 is 2.39. The summed E-state index contributed by atoms with van der Waals surface area (Å²) in [5.41, 5.74) is 13.3. The molecule has 0 N–H and O–H groups in total. The first kappa shape index (κ1) is 32.2. The van der Waals surface area contributed by atoms with E-state index in [1.54, 1.807) is 0 Å². The third kappa shape index (κ3) is 6.06. The van der Waals surface area contributed by atoms with E-state index in [4.69, 9.17) is 15.0 Å². The molecule has 8 aromatic carbocycles. The summed E-state index contributed by atoms with van der Waals surface area (Å²) in [5, 5.41) is 2.52. The predicted octanol–water partition coefficient (Wildman–Crippen LogP) is 13.0. The number of fused-ring (bicyclic) bond motifs is 3. The van der Waals surface area contributed by atoms with Crippen molar-refractivity contribution in [2.45, 2.75) is 0 Å². The molecule has 4 nitrogen and oxygen atoms in total. The Bertz CT molecular complexity index is 2880. The van der Waals surface area contributed by atoms with Crippen LogP contribution >= 0.6 is 0 Å². The number of rotatable bonds is 7. The second-order valence-electron chi connectivity index (χ2n) is 13.7. The minimum atomic E-state index is 0.638. The van der Waals surface area contributed by atoms with Crippen molar-refractivity contribution in [1.29, 1.82) is 0 Å². The van der Waals surface area contributed by atoms with Gasteiger partial charge in [0.05, 0.1) is 16.7 Å². The van der Waals surface area contributed by atoms with Crippen LogP contribution in [-0.4, -0.2) is 19.5 Å². The summed E-state index contributed by atoms with van der Waals surface area (Å²) in [5.74, 6) is 1.93. The normalized spacial score (nSPS) is 11.3. The maximum Gasteiger partial charge on any atom is 0.164 e. The van der Waals surface area contributed by atoms with Crippen LogP contribution in [0.1, 0.15) is 0 Å². The van der Waals surface area contributed by atoms with Crippen LogP contribution in [0.15, 0.2) is 206 Å². The second kappa shape index (κ2) is 13.8. The van der Waals surface area contributed by atoms with E-state index in [2.05, 4.69) is 174 Å². The van der Waals surface area contributed by atoms with Gasteiger partial charge in [-0.25, -0.2) is 15.0 Å². The minimum Gasteiger partial charge on any atom is -0.309 e. The molecule has 0 saturated heterocycles. The quantitative estimate of drug-likeness (QED) is 0.166. The number of aromatic nitrogens is 4. The first-order valence-electron chi connectivity index (χ1n) is 18.5. The summed E-state index contributed by atoms with van der Waals surface area (Å²) in [6, 6.07) is 72.3. The van der Waals surface area contributed by atoms with Crippen molar-refractivity contribution in [1.82, 2.24) is 19.5 Å². The Morgan fingerprint density at radius 2 is 0.582 bits per heavy atom. The molecule has 0 aliphatic heterocycles. The van der Waals surface area contributed by atoms with Gasteiger partial charge in [0.25, 0.3) is 0 Å². The van der Waals surface area contributed by atoms with Crippen LogP contribution in [-0.2, 0) is 0 Å². The highest BCUT2D eigenvalue weighted by molar-refractivity contribution is 6.09. The fraction of sp³-hybridized carbons (Fsp3) is 0. The van der Waals surface area contributed by atoms with E-state index in [0.717, 1.165) is 39.1 Å². The Morgan fingerprint density at radius 3 is 1.07 bits per heavy atom. The predicted molar refractivity (Wildman–Crippen MR) is 227 cm³/mol. The third-order valence-corrected chi connectivity index (χ3v) is 10.3. The van der Waals surface area contributed by atoms with Crippen LogP contribution in [0.2, 0.25) is 0 Å². The van der Waals surface area contributed by atoms with Gasteiger partial charge in [-0.3, -0.25) is 0 Å². The molecule has 2 heterocycles. The second-order valence-corrected chi connectivity index (χ2v) is 13.7. The largest absolute Gasteiger partial charge is 0.309 e. The van der Waals surface area contributed by atoms with Gasteiger partial charge in [-0.15, -0.1) is 0 Å². The van der Waals surface area contributed by atoms with Crippen LogP contribution < -0.4 is 0 Å². The lowest BCUT2D eigenvalue weighted by Gasteiger charge is -2.14. The molecule has 0 aliphatic carbocycles. The fourth-order valence-corrected chi connectivity index (χ4v) is 7.54. The van der Waals surface area contributed by atoms with E-state index in [0.29, 0.717) is 17.5 Å². The first-order chi connectivity index (χ1) is 27.3. The lowest BCUT2D eigenvalue weighted by molar-refractivity contribution is 1.07. The standard InChI is InChI=1S/C51H34N4/c1-3-13-35(14-4-1)36-25-31-41(32-26-36)50-52-49(40-15-5-2-6-16-40)53-51(54-50)42-33-27-38(28-34-42)37-23-29-39(30-24-37)43-17-7-10-20-46(43)55-47-21-11-8-18-44(47)45-19-9-12-22-48(45)55/h1-34H. The molecule has 0 fully saturated rings. The zero-order valence-electron chi connectivity index (χ0n) is 29.9. The number of para-hydroxylation sites is 3. The van der Waals surface area contributed by atoms with Crippen molar-refractivity contribution in [2.75, 3.05) is 0 Å². The molecule has 10 rings (SSSR count). The lowest BCUT2D eigenvalue weighted by Crippen LogP contribution is -2.00. The molecule has 2 aromatic heterocycles. The van der Waals surface area contributed by atoms with Gasteiger partial charge in [0.2, 0.25) is 0 Å². The van der Waals surface area contributed by atoms with Gasteiger partial charge in [0.1, 0.15) is 0 Å². The molecule has 4 heteroatoms. The van der Waals surface area contributed by atoms with Crippen molar-refractivity contribution < 1.29 is 0 Å². The van der Waals surface area contributed by atoms with E-state index < -0.39 is 0 Å². The zero-order valence-corrected chi connectivity index (χ0v) is 29.9. The lowest BCUT2D eigenvalue weighted by atomic mass is 9.98. The Hall–Kier alpha value is -7.43. The maximum atomic E-state index is 4.99. The monoisotopic (exact) mass is 702 g/mol. The molecular weight excluding hydrogens is 669 g/mol. The number of nitrogens with zero attached hydrogens (tertiary/aromatic N) is 4. The topological polar surface area (TPSA) is 43.6 Å². The summed E-state index contributed by atoms with van der Waals surface area (Å²) in [6.07, 6.45) is 0. The van der Waals surface area contributed by atoms with Gasteiger partial charge < -0.3 is 4.57 Å². The van der Waals surface area contributed by atoms with Gasteiger partial charge in [-0.1, -0.05) is 188 Å². The smallest absolute Gasteiger partial charge is 0.164 e. The molecule has 0 saturated carbocycles. The molecule has 55 heavy (non-hydrogen) atoms. The van der Waals surface area contributed by atoms with Crippen molar-refractivity contribution >= 4 is 21.8 Å². The Labute approximate surface area is 319 Å². The Balaban J connectivity index is 0.973. The molecule has 0 bridgehead atoms. The summed E-state index contributed by atoms with van der Waals surface area (Å²) >= 11 is 0. The minimum absolute atomic E-state index is 0.638. The van der Waals surface area contributed by atoms with Crippen LogP contribution in [0.3, 0.4) is 0 Å². The highest BCUT2D eigenvalue weighted by Gasteiger charge is 2.16. The summed E-state index contributed by atoms with van der Waals surface area (Å²) in [6.45, 7) is 0. The van der Waals surface area contributed by atoms with Crippen LogP contribution in [0.25, 0.3) is 95.0 Å². The van der Waals surface area contributed by atoms with Gasteiger partial charge in [0.15, 0.2) is 17.5 Å². The molecule has 0 aliphatic rings. The SMILES string of the molecule is c1ccc(-c2ccc(-c3nc(-c4ccccc4)nc(-c4ccc(-c5ccc(-c6ccccc6-n6c7ccccc7c7ccccc76)cc5)cc4)n3)cc2)cc1. The average molecular weight is 703 g/mol. The van der Waals surface area contributed by atoms with Crippen molar-refractivity contribution in [3.63, 3.8) is 0 Å². The molecule has 0 atom stereocenters. The zero-order chi connectivity index (χ0) is 36.6. The Morgan fingerprint density at radius 1 is 0.255 bits per heavy atom. The summed E-state index contributed by atoms with van der Waals surface area (Å²) in [7, 11) is 0. The van der Waals surface area contributed by atoms with Crippen LogP contribution in [0.5, 0.6) is 0 Å². The molecule has 258 valence electrons. The van der Waals surface area contributed by atoms with Gasteiger partial charge >= 0.3 is 0 Å². The molecule has 10 aromatic rings. The van der Waals surface area contributed by atoms with Gasteiger partial charge in [0, 0.05) is 33.0 Å². The van der Waals surface area contributed by atoms with E-state index in [1.165, 1.54) is 38.5 Å². The Kier molecular flexibility index (Phi) is 8.12. The first-order valence-corrected chi connectivity index (χ1v) is 18.5. The van der Waals surface area contributed by atoms with E-state index in [9.17, 15) is 0 Å². The molecule has 0 unspecified atom stereocenters. The molecule has 0 spiro atoms. The fourth-order valence-electron chi connectivity index (χ4n) is 7.54. The third-order valence-electron chi connectivity index (χ3n) is 10.3.